The van der Waals surface area contributed by atoms with Gasteiger partial charge in [-0.2, -0.15) is 0 Å². The number of fused-ring (bicyclic) bond motifs is 4. The van der Waals surface area contributed by atoms with Gasteiger partial charge in [0, 0.05) is 17.2 Å². The molecular weight excluding hydrogens is 413 g/mol. The highest BCUT2D eigenvalue weighted by atomic mass is 19.1. The molecule has 0 radical (unpaired) electrons. The zero-order valence-corrected chi connectivity index (χ0v) is 17.9. The number of hydrogen-bond acceptors (Lipinski definition) is 6. The number of nitrogens with zero attached hydrogens (tertiary/aromatic N) is 1. The second-order valence-electron chi connectivity index (χ2n) is 9.17. The molecule has 1 aromatic rings. The minimum atomic E-state index is -1.87. The standard InChI is InChI=1S/C24H24FN3O4/c1-3-24(31)14-6-18-21-12(8-28(18)22(29)13(14)9-32-23(24)30)19-16(26)5-4-11-10(2)15(25)7-17(27-21)20(11)19/h6-7,16-17,27,31H,3-5,8-9,26H2,1-2H3/t16-,17?,24-/m0/s1. The Morgan fingerprint density at radius 3 is 2.88 bits per heavy atom. The van der Waals surface area contributed by atoms with E-state index in [0.717, 1.165) is 28.7 Å². The van der Waals surface area contributed by atoms with Crippen molar-refractivity contribution in [2.24, 2.45) is 5.73 Å². The summed E-state index contributed by atoms with van der Waals surface area (Å²) < 4.78 is 21.5. The van der Waals surface area contributed by atoms with E-state index >= 15 is 0 Å². The summed E-state index contributed by atoms with van der Waals surface area (Å²) in [5.74, 6) is -0.994. The van der Waals surface area contributed by atoms with Crippen LogP contribution in [0.15, 0.2) is 50.6 Å². The van der Waals surface area contributed by atoms with Gasteiger partial charge in [0.2, 0.25) is 0 Å². The van der Waals surface area contributed by atoms with Crippen molar-refractivity contribution in [3.05, 3.63) is 73.0 Å². The van der Waals surface area contributed by atoms with Gasteiger partial charge in [-0.3, -0.25) is 4.79 Å². The maximum absolute atomic E-state index is 14.7. The first-order valence-corrected chi connectivity index (χ1v) is 11.0. The summed E-state index contributed by atoms with van der Waals surface area (Å²) >= 11 is 0. The first-order chi connectivity index (χ1) is 15.3. The molecule has 0 saturated carbocycles. The van der Waals surface area contributed by atoms with Crippen LogP contribution in [0.4, 0.5) is 4.39 Å². The van der Waals surface area contributed by atoms with Gasteiger partial charge in [-0.1, -0.05) is 6.92 Å². The first kappa shape index (κ1) is 19.7. The number of aliphatic hydroxyl groups is 1. The van der Waals surface area contributed by atoms with E-state index in [9.17, 15) is 19.1 Å². The molecule has 0 bridgehead atoms. The fraction of sp³-hybridized carbons (Fsp3) is 0.417. The van der Waals surface area contributed by atoms with Crippen LogP contribution in [-0.2, 0) is 28.3 Å². The summed E-state index contributed by atoms with van der Waals surface area (Å²) in [6.45, 7) is 3.64. The molecule has 8 heteroatoms. The van der Waals surface area contributed by atoms with Gasteiger partial charge in [-0.15, -0.1) is 0 Å². The second-order valence-corrected chi connectivity index (χ2v) is 9.17. The summed E-state index contributed by atoms with van der Waals surface area (Å²) in [6, 6.07) is 1.13. The molecule has 0 spiro atoms. The third kappa shape index (κ3) is 2.26. The fourth-order valence-corrected chi connectivity index (χ4v) is 5.88. The molecule has 2 aliphatic carbocycles. The molecule has 1 unspecified atom stereocenters. The minimum absolute atomic E-state index is 0.0885. The van der Waals surface area contributed by atoms with Crippen LogP contribution < -0.4 is 16.6 Å². The topological polar surface area (TPSA) is 107 Å². The van der Waals surface area contributed by atoms with Gasteiger partial charge in [-0.05, 0) is 60.6 Å². The van der Waals surface area contributed by atoms with Crippen LogP contribution in [0.5, 0.6) is 0 Å². The smallest absolute Gasteiger partial charge is 0.343 e. The van der Waals surface area contributed by atoms with E-state index in [4.69, 9.17) is 10.5 Å². The number of esters is 1. The lowest BCUT2D eigenvalue weighted by molar-refractivity contribution is -0.172. The van der Waals surface area contributed by atoms with Crippen molar-refractivity contribution >= 4 is 11.7 Å². The maximum Gasteiger partial charge on any atom is 0.343 e. The number of carbonyl (C=O) groups excluding carboxylic acids is 1. The normalized spacial score (nSPS) is 30.3. The molecule has 4 N–H and O–H groups in total. The van der Waals surface area contributed by atoms with Gasteiger partial charge >= 0.3 is 5.97 Å². The van der Waals surface area contributed by atoms with E-state index in [1.807, 2.05) is 0 Å². The molecule has 0 amide bonds. The molecule has 32 heavy (non-hydrogen) atoms. The molecular formula is C24H24FN3O4. The molecule has 3 atom stereocenters. The van der Waals surface area contributed by atoms with E-state index in [1.54, 1.807) is 30.6 Å². The third-order valence-electron chi connectivity index (χ3n) is 7.67. The number of rotatable bonds is 1. The highest BCUT2D eigenvalue weighted by Crippen LogP contribution is 2.48. The van der Waals surface area contributed by atoms with E-state index in [2.05, 4.69) is 5.32 Å². The fourth-order valence-electron chi connectivity index (χ4n) is 5.88. The van der Waals surface area contributed by atoms with E-state index in [0.29, 0.717) is 35.5 Å². The number of halogens is 1. The second kappa shape index (κ2) is 6.30. The monoisotopic (exact) mass is 437 g/mol. The quantitative estimate of drug-likeness (QED) is 0.579. The van der Waals surface area contributed by atoms with Crippen molar-refractivity contribution < 1.29 is 19.0 Å². The number of allylic oxidation sites excluding steroid dienone is 2. The van der Waals surface area contributed by atoms with Crippen LogP contribution in [0.1, 0.15) is 49.9 Å². The Balaban J connectivity index is 1.60. The third-order valence-corrected chi connectivity index (χ3v) is 7.67. The average molecular weight is 437 g/mol. The van der Waals surface area contributed by atoms with Crippen molar-refractivity contribution in [2.75, 3.05) is 0 Å². The molecule has 166 valence electrons. The van der Waals surface area contributed by atoms with Crippen LogP contribution in [-0.4, -0.2) is 27.7 Å². The molecule has 3 aliphatic heterocycles. The number of hydrogen-bond donors (Lipinski definition) is 3. The molecule has 6 rings (SSSR count). The Morgan fingerprint density at radius 1 is 1.34 bits per heavy atom. The zero-order chi connectivity index (χ0) is 22.5. The number of nitrogens with two attached hydrogens (primary N) is 1. The number of ether oxygens (including phenoxy) is 1. The summed E-state index contributed by atoms with van der Waals surface area (Å²) in [4.78, 5) is 25.8. The van der Waals surface area contributed by atoms with Crippen LogP contribution in [0.3, 0.4) is 0 Å². The van der Waals surface area contributed by atoms with Gasteiger partial charge in [0.15, 0.2) is 5.60 Å². The number of dihydropyridines is 1. The Hall–Kier alpha value is -2.97. The van der Waals surface area contributed by atoms with Crippen molar-refractivity contribution in [2.45, 2.75) is 63.9 Å². The number of cyclic esters (lactones) is 1. The van der Waals surface area contributed by atoms with E-state index < -0.39 is 11.6 Å². The number of nitrogens with one attached hydrogen (secondary N) is 1. The Labute approximate surface area is 183 Å². The average Bonchev–Trinajstić information content (AvgIpc) is 3.14. The SMILES string of the molecule is CC[C@@]1(O)C(=O)OCc2c1cc1n(c2=O)CC2=C1NC1C=C(F)C(C)=C3CC[C@H](N)C2=C31. The van der Waals surface area contributed by atoms with Gasteiger partial charge in [0.25, 0.3) is 5.56 Å². The molecule has 0 aromatic carbocycles. The maximum atomic E-state index is 14.7. The van der Waals surface area contributed by atoms with Crippen LogP contribution in [0.2, 0.25) is 0 Å². The molecule has 7 nitrogen and oxygen atoms in total. The van der Waals surface area contributed by atoms with E-state index in [-0.39, 0.29) is 42.1 Å². The zero-order valence-electron chi connectivity index (χ0n) is 17.9. The Kier molecular flexibility index (Phi) is 3.88. The summed E-state index contributed by atoms with van der Waals surface area (Å²) in [7, 11) is 0. The first-order valence-electron chi connectivity index (χ1n) is 11.0. The summed E-state index contributed by atoms with van der Waals surface area (Å²) in [5.41, 5.74) is 10.9. The van der Waals surface area contributed by atoms with Crippen LogP contribution in [0, 0.1) is 0 Å². The molecule has 5 aliphatic rings. The predicted octanol–water partition coefficient (Wildman–Crippen LogP) is 1.80. The molecule has 4 heterocycles. The predicted molar refractivity (Wildman–Crippen MR) is 115 cm³/mol. The van der Waals surface area contributed by atoms with Crippen LogP contribution in [0.25, 0.3) is 5.70 Å². The summed E-state index contributed by atoms with van der Waals surface area (Å²) in [5, 5.41) is 14.5. The molecule has 0 fully saturated rings. The highest BCUT2D eigenvalue weighted by Gasteiger charge is 2.47. The Bertz CT molecular complexity index is 1310. The molecule has 1 aromatic heterocycles. The van der Waals surface area contributed by atoms with Crippen molar-refractivity contribution in [1.29, 1.82) is 0 Å². The van der Waals surface area contributed by atoms with Crippen molar-refractivity contribution in [3.8, 4) is 0 Å². The number of carbonyl (C=O) groups is 1. The minimum Gasteiger partial charge on any atom is -0.458 e. The largest absolute Gasteiger partial charge is 0.458 e. The number of aromatic nitrogens is 1. The van der Waals surface area contributed by atoms with Crippen molar-refractivity contribution in [3.63, 3.8) is 0 Å². The lowest BCUT2D eigenvalue weighted by atomic mass is 9.72. The molecule has 0 saturated heterocycles. The number of pyridine rings is 1. The summed E-state index contributed by atoms with van der Waals surface area (Å²) in [6.07, 6.45) is 3.08. The van der Waals surface area contributed by atoms with Gasteiger partial charge < -0.3 is 25.5 Å². The lowest BCUT2D eigenvalue weighted by Crippen LogP contribution is -2.44. The Morgan fingerprint density at radius 2 is 2.12 bits per heavy atom. The van der Waals surface area contributed by atoms with E-state index in [1.165, 1.54) is 0 Å². The van der Waals surface area contributed by atoms with Gasteiger partial charge in [0.05, 0.1) is 29.5 Å². The van der Waals surface area contributed by atoms with Gasteiger partial charge in [0.1, 0.15) is 12.4 Å². The lowest BCUT2D eigenvalue weighted by Gasteiger charge is -2.40. The van der Waals surface area contributed by atoms with Crippen LogP contribution >= 0.6 is 0 Å². The van der Waals surface area contributed by atoms with Crippen molar-refractivity contribution in [1.82, 2.24) is 9.88 Å². The highest BCUT2D eigenvalue weighted by molar-refractivity contribution is 5.85. The van der Waals surface area contributed by atoms with Gasteiger partial charge in [-0.25, -0.2) is 9.18 Å².